The highest BCUT2D eigenvalue weighted by Crippen LogP contribution is 2.07. The Morgan fingerprint density at radius 1 is 1.62 bits per heavy atom. The van der Waals surface area contributed by atoms with E-state index in [-0.39, 0.29) is 12.6 Å². The number of hydrogen-bond donors (Lipinski definition) is 0. The van der Waals surface area contributed by atoms with Crippen LogP contribution in [0.4, 0.5) is 0 Å². The topological polar surface area (TPSA) is 55.0 Å². The van der Waals surface area contributed by atoms with E-state index < -0.39 is 5.97 Å². The highest BCUT2D eigenvalue weighted by Gasteiger charge is 2.14. The van der Waals surface area contributed by atoms with Crippen LogP contribution in [0.1, 0.15) is 13.0 Å². The number of nitriles is 1. The molecule has 4 nitrogen and oxygen atoms in total. The van der Waals surface area contributed by atoms with Crippen molar-refractivity contribution in [1.29, 1.82) is 5.26 Å². The molecule has 68 valence electrons. The van der Waals surface area contributed by atoms with Crippen molar-refractivity contribution in [2.45, 2.75) is 13.0 Å². The molecule has 0 fully saturated rings. The number of aromatic nitrogens is 1. The Labute approximate surface area is 76.3 Å². The van der Waals surface area contributed by atoms with Crippen molar-refractivity contribution in [3.05, 3.63) is 24.5 Å². The fraction of sp³-hybridized carbons (Fsp3) is 0.333. The smallest absolute Gasteiger partial charge is 0.329 e. The van der Waals surface area contributed by atoms with E-state index in [9.17, 15) is 4.79 Å². The lowest BCUT2D eigenvalue weighted by molar-refractivity contribution is -0.145. The SMILES string of the molecule is CC(C(=O)OCC#N)n1cccc1. The molecule has 0 aliphatic rings. The second kappa shape index (κ2) is 4.31. The third-order valence-corrected chi connectivity index (χ3v) is 1.69. The maximum atomic E-state index is 11.2. The molecule has 1 atom stereocenters. The van der Waals surface area contributed by atoms with Crippen molar-refractivity contribution < 1.29 is 9.53 Å². The van der Waals surface area contributed by atoms with E-state index in [2.05, 4.69) is 4.74 Å². The molecule has 13 heavy (non-hydrogen) atoms. The number of hydrogen-bond acceptors (Lipinski definition) is 3. The van der Waals surface area contributed by atoms with E-state index in [1.807, 2.05) is 12.1 Å². The molecule has 0 saturated carbocycles. The Hall–Kier alpha value is -1.76. The van der Waals surface area contributed by atoms with Crippen LogP contribution in [0.3, 0.4) is 0 Å². The molecule has 0 spiro atoms. The predicted molar refractivity (Wildman–Crippen MR) is 45.7 cm³/mol. The normalized spacial score (nSPS) is 11.7. The molecule has 0 saturated heterocycles. The van der Waals surface area contributed by atoms with E-state index in [0.29, 0.717) is 0 Å². The molecule has 0 amide bonds. The fourth-order valence-corrected chi connectivity index (χ4v) is 0.952. The molecule has 0 aliphatic heterocycles. The molecule has 4 heteroatoms. The summed E-state index contributed by atoms with van der Waals surface area (Å²) in [5.74, 6) is -0.391. The van der Waals surface area contributed by atoms with Crippen molar-refractivity contribution in [3.8, 4) is 6.07 Å². The molecule has 1 heterocycles. The maximum Gasteiger partial charge on any atom is 0.329 e. The number of ether oxygens (including phenoxy) is 1. The lowest BCUT2D eigenvalue weighted by Crippen LogP contribution is -2.18. The second-order valence-electron chi connectivity index (χ2n) is 2.57. The van der Waals surface area contributed by atoms with Gasteiger partial charge in [-0.25, -0.2) is 4.79 Å². The Morgan fingerprint density at radius 2 is 2.23 bits per heavy atom. The molecule has 1 aromatic heterocycles. The van der Waals surface area contributed by atoms with Crippen LogP contribution in [0.2, 0.25) is 0 Å². The minimum absolute atomic E-state index is 0.190. The van der Waals surface area contributed by atoms with Gasteiger partial charge in [0.15, 0.2) is 6.61 Å². The van der Waals surface area contributed by atoms with Gasteiger partial charge in [-0.05, 0) is 19.1 Å². The summed E-state index contributed by atoms with van der Waals surface area (Å²) in [7, 11) is 0. The number of esters is 1. The average molecular weight is 178 g/mol. The first kappa shape index (κ1) is 9.33. The van der Waals surface area contributed by atoms with Crippen molar-refractivity contribution in [2.75, 3.05) is 6.61 Å². The summed E-state index contributed by atoms with van der Waals surface area (Å²) in [5.41, 5.74) is 0. The molecule has 1 rings (SSSR count). The van der Waals surface area contributed by atoms with Gasteiger partial charge in [0.05, 0.1) is 0 Å². The molecule has 0 aliphatic carbocycles. The third-order valence-electron chi connectivity index (χ3n) is 1.69. The van der Waals surface area contributed by atoms with Gasteiger partial charge in [0.2, 0.25) is 0 Å². The summed E-state index contributed by atoms with van der Waals surface area (Å²) in [6.07, 6.45) is 3.55. The number of carbonyl (C=O) groups excluding carboxylic acids is 1. The summed E-state index contributed by atoms with van der Waals surface area (Å²) in [6, 6.07) is 5.03. The first-order valence-electron chi connectivity index (χ1n) is 3.91. The zero-order chi connectivity index (χ0) is 9.68. The fourth-order valence-electron chi connectivity index (χ4n) is 0.952. The zero-order valence-corrected chi connectivity index (χ0v) is 7.30. The van der Waals surface area contributed by atoms with Crippen molar-refractivity contribution in [2.24, 2.45) is 0 Å². The summed E-state index contributed by atoms with van der Waals surface area (Å²) in [4.78, 5) is 11.2. The first-order valence-corrected chi connectivity index (χ1v) is 3.91. The van der Waals surface area contributed by atoms with E-state index in [4.69, 9.17) is 5.26 Å². The summed E-state index contributed by atoms with van der Waals surface area (Å²) in [5, 5.41) is 8.19. The van der Waals surface area contributed by atoms with Crippen LogP contribution in [0.15, 0.2) is 24.5 Å². The second-order valence-corrected chi connectivity index (χ2v) is 2.57. The lowest BCUT2D eigenvalue weighted by Gasteiger charge is -2.10. The van der Waals surface area contributed by atoms with Crippen molar-refractivity contribution in [1.82, 2.24) is 4.57 Å². The summed E-state index contributed by atoms with van der Waals surface area (Å²) < 4.78 is 6.38. The Bertz CT molecular complexity index is 311. The molecule has 0 bridgehead atoms. The lowest BCUT2D eigenvalue weighted by atomic mass is 10.3. The van der Waals surface area contributed by atoms with Gasteiger partial charge in [0, 0.05) is 12.4 Å². The molecular formula is C9H10N2O2. The monoisotopic (exact) mass is 178 g/mol. The maximum absolute atomic E-state index is 11.2. The average Bonchev–Trinajstić information content (AvgIpc) is 2.65. The van der Waals surface area contributed by atoms with Gasteiger partial charge >= 0.3 is 5.97 Å². The van der Waals surface area contributed by atoms with Crippen molar-refractivity contribution >= 4 is 5.97 Å². The highest BCUT2D eigenvalue weighted by molar-refractivity contribution is 5.73. The van der Waals surface area contributed by atoms with Gasteiger partial charge in [-0.3, -0.25) is 0 Å². The first-order chi connectivity index (χ1) is 6.25. The number of nitrogens with zero attached hydrogens (tertiary/aromatic N) is 2. The van der Waals surface area contributed by atoms with Crippen LogP contribution < -0.4 is 0 Å². The van der Waals surface area contributed by atoms with E-state index >= 15 is 0 Å². The minimum Gasteiger partial charge on any atom is -0.449 e. The Morgan fingerprint density at radius 3 is 2.77 bits per heavy atom. The molecule has 0 aromatic carbocycles. The van der Waals surface area contributed by atoms with Crippen LogP contribution in [-0.4, -0.2) is 17.1 Å². The zero-order valence-electron chi connectivity index (χ0n) is 7.30. The van der Waals surface area contributed by atoms with Crippen LogP contribution in [0, 0.1) is 11.3 Å². The van der Waals surface area contributed by atoms with Crippen LogP contribution in [-0.2, 0) is 9.53 Å². The van der Waals surface area contributed by atoms with E-state index in [0.717, 1.165) is 0 Å². The molecular weight excluding hydrogens is 168 g/mol. The molecule has 0 N–H and O–H groups in total. The van der Waals surface area contributed by atoms with Crippen LogP contribution >= 0.6 is 0 Å². The minimum atomic E-state index is -0.391. The third kappa shape index (κ3) is 2.34. The van der Waals surface area contributed by atoms with Gasteiger partial charge in [-0.15, -0.1) is 0 Å². The molecule has 1 unspecified atom stereocenters. The van der Waals surface area contributed by atoms with Crippen molar-refractivity contribution in [3.63, 3.8) is 0 Å². The Balaban J connectivity index is 2.54. The van der Waals surface area contributed by atoms with Crippen LogP contribution in [0.5, 0.6) is 0 Å². The largest absolute Gasteiger partial charge is 0.449 e. The van der Waals surface area contributed by atoms with Gasteiger partial charge in [0.1, 0.15) is 12.1 Å². The van der Waals surface area contributed by atoms with Gasteiger partial charge in [-0.1, -0.05) is 0 Å². The molecule has 1 aromatic rings. The van der Waals surface area contributed by atoms with E-state index in [1.165, 1.54) is 0 Å². The Kier molecular flexibility index (Phi) is 3.09. The number of carbonyl (C=O) groups is 1. The standard InChI is InChI=1S/C9H10N2O2/c1-8(9(12)13-7-4-10)11-5-2-3-6-11/h2-3,5-6,8H,7H2,1H3. The quantitative estimate of drug-likeness (QED) is 0.651. The van der Waals surface area contributed by atoms with Gasteiger partial charge < -0.3 is 9.30 Å². The molecule has 0 radical (unpaired) electrons. The predicted octanol–water partition coefficient (Wildman–Crippen LogP) is 1.12. The number of rotatable bonds is 3. The summed E-state index contributed by atoms with van der Waals surface area (Å²) >= 11 is 0. The van der Waals surface area contributed by atoms with Gasteiger partial charge in [0.25, 0.3) is 0 Å². The van der Waals surface area contributed by atoms with Gasteiger partial charge in [-0.2, -0.15) is 5.26 Å². The van der Waals surface area contributed by atoms with Crippen LogP contribution in [0.25, 0.3) is 0 Å². The highest BCUT2D eigenvalue weighted by atomic mass is 16.5. The van der Waals surface area contributed by atoms with E-state index in [1.54, 1.807) is 30.0 Å². The summed E-state index contributed by atoms with van der Waals surface area (Å²) in [6.45, 7) is 1.53.